The second-order valence-electron chi connectivity index (χ2n) is 4.80. The Morgan fingerprint density at radius 3 is 2.44 bits per heavy atom. The van der Waals surface area contributed by atoms with E-state index < -0.39 is 0 Å². The highest BCUT2D eigenvalue weighted by atomic mass is 15.0. The Morgan fingerprint density at radius 2 is 1.78 bits per heavy atom. The highest BCUT2D eigenvalue weighted by Gasteiger charge is 2.19. The van der Waals surface area contributed by atoms with E-state index >= 15 is 0 Å². The van der Waals surface area contributed by atoms with Gasteiger partial charge < -0.3 is 10.6 Å². The maximum atomic E-state index is 4.21. The van der Waals surface area contributed by atoms with Gasteiger partial charge in [0.2, 0.25) is 0 Å². The Balaban J connectivity index is 2.22. The van der Waals surface area contributed by atoms with Crippen LogP contribution in [0, 0.1) is 0 Å². The molecule has 0 fully saturated rings. The van der Waals surface area contributed by atoms with E-state index in [2.05, 4.69) is 53.7 Å². The molecule has 0 radical (unpaired) electrons. The fourth-order valence-corrected chi connectivity index (χ4v) is 1.93. The molecule has 0 atom stereocenters. The molecule has 1 heterocycles. The van der Waals surface area contributed by atoms with Gasteiger partial charge >= 0.3 is 0 Å². The van der Waals surface area contributed by atoms with Crippen LogP contribution in [0.4, 0.5) is 11.5 Å². The van der Waals surface area contributed by atoms with Gasteiger partial charge in [0.05, 0.1) is 5.54 Å². The number of pyridine rings is 1. The third kappa shape index (κ3) is 2.80. The van der Waals surface area contributed by atoms with Gasteiger partial charge in [0.15, 0.2) is 0 Å². The van der Waals surface area contributed by atoms with Crippen LogP contribution in [0.3, 0.4) is 0 Å². The standard InChI is InChI=1S/C15H19N3/c1-15(2,12-7-5-4-6-8-12)18-13-9-10-17-14(11-13)16-3/h4-11H,1-3H3,(H2,16,17,18). The van der Waals surface area contributed by atoms with E-state index in [0.717, 1.165) is 11.5 Å². The summed E-state index contributed by atoms with van der Waals surface area (Å²) in [6.07, 6.45) is 1.80. The SMILES string of the molecule is CNc1cc(NC(C)(C)c2ccccc2)ccn1. The minimum absolute atomic E-state index is 0.117. The van der Waals surface area contributed by atoms with Gasteiger partial charge in [-0.15, -0.1) is 0 Å². The first-order valence-electron chi connectivity index (χ1n) is 6.09. The number of nitrogens with one attached hydrogen (secondary N) is 2. The lowest BCUT2D eigenvalue weighted by molar-refractivity contribution is 0.609. The molecular formula is C15H19N3. The predicted molar refractivity (Wildman–Crippen MR) is 76.9 cm³/mol. The summed E-state index contributed by atoms with van der Waals surface area (Å²) in [5, 5.41) is 6.57. The summed E-state index contributed by atoms with van der Waals surface area (Å²) in [4.78, 5) is 4.21. The van der Waals surface area contributed by atoms with Crippen LogP contribution in [0.15, 0.2) is 48.7 Å². The Labute approximate surface area is 108 Å². The molecular weight excluding hydrogens is 222 g/mol. The zero-order chi connectivity index (χ0) is 13.0. The molecule has 0 bridgehead atoms. The van der Waals surface area contributed by atoms with Gasteiger partial charge in [0.1, 0.15) is 5.82 Å². The molecule has 2 N–H and O–H groups in total. The monoisotopic (exact) mass is 241 g/mol. The van der Waals surface area contributed by atoms with Gasteiger partial charge in [-0.25, -0.2) is 4.98 Å². The molecule has 0 unspecified atom stereocenters. The number of nitrogens with zero attached hydrogens (tertiary/aromatic N) is 1. The van der Waals surface area contributed by atoms with Crippen molar-refractivity contribution in [1.29, 1.82) is 0 Å². The number of anilines is 2. The average molecular weight is 241 g/mol. The minimum Gasteiger partial charge on any atom is -0.376 e. The highest BCUT2D eigenvalue weighted by molar-refractivity contribution is 5.53. The van der Waals surface area contributed by atoms with Crippen LogP contribution < -0.4 is 10.6 Å². The molecule has 18 heavy (non-hydrogen) atoms. The van der Waals surface area contributed by atoms with Gasteiger partial charge in [-0.05, 0) is 25.5 Å². The van der Waals surface area contributed by atoms with E-state index in [0.29, 0.717) is 0 Å². The number of hydrogen-bond donors (Lipinski definition) is 2. The van der Waals surface area contributed by atoms with Crippen molar-refractivity contribution in [1.82, 2.24) is 4.98 Å². The first kappa shape index (κ1) is 12.4. The molecule has 1 aromatic carbocycles. The summed E-state index contributed by atoms with van der Waals surface area (Å²) in [5.41, 5.74) is 2.20. The fourth-order valence-electron chi connectivity index (χ4n) is 1.93. The van der Waals surface area contributed by atoms with Crippen molar-refractivity contribution in [3.63, 3.8) is 0 Å². The summed E-state index contributed by atoms with van der Waals surface area (Å²) in [5.74, 6) is 0.865. The molecule has 2 aromatic rings. The molecule has 0 saturated carbocycles. The van der Waals surface area contributed by atoms with E-state index in [1.165, 1.54) is 5.56 Å². The lowest BCUT2D eigenvalue weighted by Gasteiger charge is -2.28. The first-order valence-corrected chi connectivity index (χ1v) is 6.09. The molecule has 0 aliphatic rings. The zero-order valence-electron chi connectivity index (χ0n) is 11.1. The van der Waals surface area contributed by atoms with Crippen LogP contribution in [0.1, 0.15) is 19.4 Å². The largest absolute Gasteiger partial charge is 0.376 e. The molecule has 1 aromatic heterocycles. The van der Waals surface area contributed by atoms with Crippen molar-refractivity contribution in [2.45, 2.75) is 19.4 Å². The fraction of sp³-hybridized carbons (Fsp3) is 0.267. The van der Waals surface area contributed by atoms with E-state index in [1.54, 1.807) is 6.20 Å². The Morgan fingerprint density at radius 1 is 1.06 bits per heavy atom. The van der Waals surface area contributed by atoms with Crippen molar-refractivity contribution >= 4 is 11.5 Å². The lowest BCUT2D eigenvalue weighted by Crippen LogP contribution is -2.27. The van der Waals surface area contributed by atoms with Crippen LogP contribution in [-0.2, 0) is 5.54 Å². The van der Waals surface area contributed by atoms with Crippen molar-refractivity contribution in [2.75, 3.05) is 17.7 Å². The minimum atomic E-state index is -0.117. The summed E-state index contributed by atoms with van der Waals surface area (Å²) in [6.45, 7) is 4.34. The molecule has 3 nitrogen and oxygen atoms in total. The van der Waals surface area contributed by atoms with Gasteiger partial charge in [-0.3, -0.25) is 0 Å². The molecule has 3 heteroatoms. The van der Waals surface area contributed by atoms with Crippen LogP contribution in [0.5, 0.6) is 0 Å². The Hall–Kier alpha value is -2.03. The highest BCUT2D eigenvalue weighted by Crippen LogP contribution is 2.25. The summed E-state index contributed by atoms with van der Waals surface area (Å²) in [6, 6.07) is 14.4. The van der Waals surface area contributed by atoms with E-state index in [1.807, 2.05) is 25.2 Å². The molecule has 0 aliphatic carbocycles. The van der Waals surface area contributed by atoms with Crippen molar-refractivity contribution < 1.29 is 0 Å². The lowest BCUT2D eigenvalue weighted by atomic mass is 9.94. The van der Waals surface area contributed by atoms with Crippen LogP contribution in [0.25, 0.3) is 0 Å². The normalized spacial score (nSPS) is 11.1. The number of hydrogen-bond acceptors (Lipinski definition) is 3. The molecule has 0 saturated heterocycles. The molecule has 0 aliphatic heterocycles. The molecule has 0 spiro atoms. The predicted octanol–water partition coefficient (Wildman–Crippen LogP) is 3.47. The Bertz CT molecular complexity index is 506. The maximum absolute atomic E-state index is 4.21. The van der Waals surface area contributed by atoms with Gasteiger partial charge in [-0.1, -0.05) is 30.3 Å². The molecule has 2 rings (SSSR count). The summed E-state index contributed by atoms with van der Waals surface area (Å²) < 4.78 is 0. The van der Waals surface area contributed by atoms with Crippen molar-refractivity contribution in [3.8, 4) is 0 Å². The average Bonchev–Trinajstić information content (AvgIpc) is 2.39. The van der Waals surface area contributed by atoms with E-state index in [4.69, 9.17) is 0 Å². The van der Waals surface area contributed by atoms with Gasteiger partial charge in [0, 0.05) is 25.0 Å². The second kappa shape index (κ2) is 5.08. The quantitative estimate of drug-likeness (QED) is 0.860. The molecule has 0 amide bonds. The third-order valence-electron chi connectivity index (χ3n) is 2.97. The maximum Gasteiger partial charge on any atom is 0.127 e. The zero-order valence-corrected chi connectivity index (χ0v) is 11.1. The van der Waals surface area contributed by atoms with Crippen molar-refractivity contribution in [3.05, 3.63) is 54.2 Å². The summed E-state index contributed by atoms with van der Waals surface area (Å²) in [7, 11) is 1.87. The number of benzene rings is 1. The van der Waals surface area contributed by atoms with Crippen LogP contribution >= 0.6 is 0 Å². The first-order chi connectivity index (χ1) is 8.62. The van der Waals surface area contributed by atoms with Crippen LogP contribution in [0.2, 0.25) is 0 Å². The van der Waals surface area contributed by atoms with E-state index in [9.17, 15) is 0 Å². The van der Waals surface area contributed by atoms with E-state index in [-0.39, 0.29) is 5.54 Å². The van der Waals surface area contributed by atoms with Crippen molar-refractivity contribution in [2.24, 2.45) is 0 Å². The second-order valence-corrected chi connectivity index (χ2v) is 4.80. The van der Waals surface area contributed by atoms with Crippen LogP contribution in [-0.4, -0.2) is 12.0 Å². The number of rotatable bonds is 4. The third-order valence-corrected chi connectivity index (χ3v) is 2.97. The summed E-state index contributed by atoms with van der Waals surface area (Å²) >= 11 is 0. The topological polar surface area (TPSA) is 37.0 Å². The number of aromatic nitrogens is 1. The van der Waals surface area contributed by atoms with Gasteiger partial charge in [0.25, 0.3) is 0 Å². The smallest absolute Gasteiger partial charge is 0.127 e. The Kier molecular flexibility index (Phi) is 3.51. The van der Waals surface area contributed by atoms with Gasteiger partial charge in [-0.2, -0.15) is 0 Å². The molecule has 94 valence electrons.